The second-order valence-electron chi connectivity index (χ2n) is 3.98. The summed E-state index contributed by atoms with van der Waals surface area (Å²) in [6.07, 6.45) is 3.31. The first-order valence-electron chi connectivity index (χ1n) is 5.63. The molecule has 0 aliphatic rings. The molecule has 0 radical (unpaired) electrons. The Hall–Kier alpha value is -2.14. The van der Waals surface area contributed by atoms with E-state index in [4.69, 9.17) is 4.74 Å². The normalized spacial score (nSPS) is 10.6. The SMILES string of the molecule is O=C(Oc1cnc2[nH]ccc2c1)c1ccc(Br)cc1. The quantitative estimate of drug-likeness (QED) is 0.736. The van der Waals surface area contributed by atoms with Crippen molar-refractivity contribution in [3.63, 3.8) is 0 Å². The number of nitrogens with one attached hydrogen (secondary N) is 1. The third kappa shape index (κ3) is 2.51. The lowest BCUT2D eigenvalue weighted by Gasteiger charge is -2.04. The van der Waals surface area contributed by atoms with Gasteiger partial charge in [-0.2, -0.15) is 0 Å². The predicted octanol–water partition coefficient (Wildman–Crippen LogP) is 3.54. The largest absolute Gasteiger partial charge is 0.421 e. The molecule has 1 aromatic carbocycles. The number of H-pyrrole nitrogens is 1. The van der Waals surface area contributed by atoms with Crippen LogP contribution in [0.5, 0.6) is 5.75 Å². The van der Waals surface area contributed by atoms with Crippen LogP contribution in [-0.2, 0) is 0 Å². The van der Waals surface area contributed by atoms with Gasteiger partial charge in [0.2, 0.25) is 0 Å². The molecule has 0 spiro atoms. The molecule has 4 nitrogen and oxygen atoms in total. The highest BCUT2D eigenvalue weighted by molar-refractivity contribution is 9.10. The summed E-state index contributed by atoms with van der Waals surface area (Å²) < 4.78 is 6.20. The molecular weight excluding hydrogens is 308 g/mol. The number of aromatic nitrogens is 2. The molecule has 94 valence electrons. The summed E-state index contributed by atoms with van der Waals surface area (Å²) in [5.74, 6) is 0.0317. The smallest absolute Gasteiger partial charge is 0.343 e. The first-order chi connectivity index (χ1) is 9.22. The Kier molecular flexibility index (Phi) is 3.05. The monoisotopic (exact) mass is 316 g/mol. The zero-order valence-corrected chi connectivity index (χ0v) is 11.3. The number of hydrogen-bond acceptors (Lipinski definition) is 3. The van der Waals surface area contributed by atoms with E-state index < -0.39 is 5.97 Å². The third-order valence-corrected chi connectivity index (χ3v) is 3.19. The number of ether oxygens (including phenoxy) is 1. The van der Waals surface area contributed by atoms with E-state index in [0.717, 1.165) is 15.5 Å². The van der Waals surface area contributed by atoms with Gasteiger partial charge >= 0.3 is 5.97 Å². The molecule has 1 N–H and O–H groups in total. The highest BCUT2D eigenvalue weighted by Gasteiger charge is 2.09. The Morgan fingerprint density at radius 1 is 1.21 bits per heavy atom. The van der Waals surface area contributed by atoms with Gasteiger partial charge in [-0.25, -0.2) is 9.78 Å². The molecule has 0 saturated carbocycles. The Labute approximate surface area is 117 Å². The maximum Gasteiger partial charge on any atom is 0.343 e. The lowest BCUT2D eigenvalue weighted by Crippen LogP contribution is -2.08. The molecule has 0 saturated heterocycles. The number of benzene rings is 1. The summed E-state index contributed by atoms with van der Waals surface area (Å²) in [6.45, 7) is 0. The topological polar surface area (TPSA) is 55.0 Å². The van der Waals surface area contributed by atoms with E-state index in [1.807, 2.05) is 6.07 Å². The molecule has 5 heteroatoms. The van der Waals surface area contributed by atoms with Gasteiger partial charge in [-0.3, -0.25) is 0 Å². The van der Waals surface area contributed by atoms with Crippen LogP contribution in [0.4, 0.5) is 0 Å². The van der Waals surface area contributed by atoms with Crippen LogP contribution >= 0.6 is 15.9 Å². The number of carbonyl (C=O) groups is 1. The zero-order valence-electron chi connectivity index (χ0n) is 9.76. The number of carbonyl (C=O) groups excluding carboxylic acids is 1. The van der Waals surface area contributed by atoms with E-state index in [1.165, 1.54) is 6.20 Å². The van der Waals surface area contributed by atoms with Gasteiger partial charge < -0.3 is 9.72 Å². The van der Waals surface area contributed by atoms with E-state index >= 15 is 0 Å². The van der Waals surface area contributed by atoms with Gasteiger partial charge in [0.1, 0.15) is 11.4 Å². The second kappa shape index (κ2) is 4.85. The average molecular weight is 317 g/mol. The Morgan fingerprint density at radius 3 is 2.79 bits per heavy atom. The molecule has 0 bridgehead atoms. The fraction of sp³-hybridized carbons (Fsp3) is 0. The predicted molar refractivity (Wildman–Crippen MR) is 75.2 cm³/mol. The molecule has 3 aromatic rings. The van der Waals surface area contributed by atoms with Crippen molar-refractivity contribution in [2.75, 3.05) is 0 Å². The van der Waals surface area contributed by atoms with E-state index in [9.17, 15) is 4.79 Å². The maximum atomic E-state index is 11.9. The van der Waals surface area contributed by atoms with Crippen LogP contribution in [0.15, 0.2) is 53.3 Å². The minimum absolute atomic E-state index is 0.399. The van der Waals surface area contributed by atoms with Gasteiger partial charge in [-0.1, -0.05) is 15.9 Å². The first-order valence-corrected chi connectivity index (χ1v) is 6.42. The highest BCUT2D eigenvalue weighted by Crippen LogP contribution is 2.18. The highest BCUT2D eigenvalue weighted by atomic mass is 79.9. The van der Waals surface area contributed by atoms with Crippen molar-refractivity contribution in [3.05, 3.63) is 58.8 Å². The minimum atomic E-state index is -0.399. The van der Waals surface area contributed by atoms with E-state index in [2.05, 4.69) is 25.9 Å². The molecule has 19 heavy (non-hydrogen) atoms. The van der Waals surface area contributed by atoms with Crippen LogP contribution in [0.3, 0.4) is 0 Å². The lowest BCUT2D eigenvalue weighted by atomic mass is 10.2. The lowest BCUT2D eigenvalue weighted by molar-refractivity contribution is 0.0734. The number of nitrogens with zero attached hydrogens (tertiary/aromatic N) is 1. The van der Waals surface area contributed by atoms with E-state index in [1.54, 1.807) is 36.5 Å². The van der Waals surface area contributed by atoms with Gasteiger partial charge in [0.05, 0.1) is 11.8 Å². The van der Waals surface area contributed by atoms with Crippen molar-refractivity contribution in [2.45, 2.75) is 0 Å². The van der Waals surface area contributed by atoms with Crippen LogP contribution in [-0.4, -0.2) is 15.9 Å². The van der Waals surface area contributed by atoms with Crippen LogP contribution in [0.25, 0.3) is 11.0 Å². The molecular formula is C14H9BrN2O2. The first kappa shape index (κ1) is 11.9. The summed E-state index contributed by atoms with van der Waals surface area (Å²) in [4.78, 5) is 19.1. The Balaban J connectivity index is 1.83. The van der Waals surface area contributed by atoms with Gasteiger partial charge in [0, 0.05) is 16.1 Å². The van der Waals surface area contributed by atoms with Crippen LogP contribution in [0.1, 0.15) is 10.4 Å². The fourth-order valence-electron chi connectivity index (χ4n) is 1.73. The minimum Gasteiger partial charge on any atom is -0.421 e. The van der Waals surface area contributed by atoms with Crippen molar-refractivity contribution in [1.82, 2.24) is 9.97 Å². The van der Waals surface area contributed by atoms with Crippen molar-refractivity contribution in [3.8, 4) is 5.75 Å². The average Bonchev–Trinajstić information content (AvgIpc) is 2.87. The Morgan fingerprint density at radius 2 is 2.00 bits per heavy atom. The number of esters is 1. The second-order valence-corrected chi connectivity index (χ2v) is 4.90. The molecule has 0 amide bonds. The Bertz CT molecular complexity index is 735. The molecule has 0 aliphatic heterocycles. The number of halogens is 1. The van der Waals surface area contributed by atoms with Gasteiger partial charge in [-0.15, -0.1) is 0 Å². The number of pyridine rings is 1. The zero-order chi connectivity index (χ0) is 13.2. The summed E-state index contributed by atoms with van der Waals surface area (Å²) in [6, 6.07) is 10.6. The number of aromatic amines is 1. The summed E-state index contributed by atoms with van der Waals surface area (Å²) >= 11 is 3.32. The summed E-state index contributed by atoms with van der Waals surface area (Å²) in [7, 11) is 0. The van der Waals surface area contributed by atoms with E-state index in [-0.39, 0.29) is 0 Å². The van der Waals surface area contributed by atoms with Crippen LogP contribution < -0.4 is 4.74 Å². The molecule has 2 aromatic heterocycles. The van der Waals surface area contributed by atoms with Crippen molar-refractivity contribution < 1.29 is 9.53 Å². The molecule has 0 fully saturated rings. The maximum absolute atomic E-state index is 11.9. The van der Waals surface area contributed by atoms with Gasteiger partial charge in [0.15, 0.2) is 0 Å². The standard InChI is InChI=1S/C14H9BrN2O2/c15-11-3-1-9(2-4-11)14(18)19-12-7-10-5-6-16-13(10)17-8-12/h1-8H,(H,16,17). The molecule has 0 aliphatic carbocycles. The molecule has 0 atom stereocenters. The molecule has 3 rings (SSSR count). The van der Waals surface area contributed by atoms with Gasteiger partial charge in [-0.05, 0) is 36.4 Å². The summed E-state index contributed by atoms with van der Waals surface area (Å²) in [5, 5.41) is 0.904. The third-order valence-electron chi connectivity index (χ3n) is 2.67. The molecule has 0 unspecified atom stereocenters. The van der Waals surface area contributed by atoms with Crippen molar-refractivity contribution in [2.24, 2.45) is 0 Å². The summed E-state index contributed by atoms with van der Waals surface area (Å²) in [5.41, 5.74) is 1.26. The fourth-order valence-corrected chi connectivity index (χ4v) is 1.99. The van der Waals surface area contributed by atoms with Crippen LogP contribution in [0.2, 0.25) is 0 Å². The van der Waals surface area contributed by atoms with Crippen molar-refractivity contribution >= 4 is 32.9 Å². The van der Waals surface area contributed by atoms with E-state index in [0.29, 0.717) is 11.3 Å². The van der Waals surface area contributed by atoms with Crippen molar-refractivity contribution in [1.29, 1.82) is 0 Å². The van der Waals surface area contributed by atoms with Crippen LogP contribution in [0, 0.1) is 0 Å². The number of fused-ring (bicyclic) bond motifs is 1. The number of hydrogen-bond donors (Lipinski definition) is 1. The van der Waals surface area contributed by atoms with Gasteiger partial charge in [0.25, 0.3) is 0 Å². The molecule has 2 heterocycles. The number of rotatable bonds is 2.